The van der Waals surface area contributed by atoms with Crippen LogP contribution in [0.4, 0.5) is 8.78 Å². The molecule has 26 heavy (non-hydrogen) atoms. The van der Waals surface area contributed by atoms with Gasteiger partial charge in [0, 0.05) is 16.7 Å². The van der Waals surface area contributed by atoms with Gasteiger partial charge in [0.15, 0.2) is 0 Å². The summed E-state index contributed by atoms with van der Waals surface area (Å²) in [6.07, 6.45) is 0. The number of imidazole rings is 1. The van der Waals surface area contributed by atoms with Gasteiger partial charge >= 0.3 is 5.97 Å². The van der Waals surface area contributed by atoms with Crippen molar-refractivity contribution in [2.75, 3.05) is 0 Å². The number of aromatic carboxylic acids is 1. The maximum Gasteiger partial charge on any atom is 0.337 e. The molecule has 4 nitrogen and oxygen atoms in total. The van der Waals surface area contributed by atoms with Gasteiger partial charge in [-0.25, -0.2) is 18.6 Å². The monoisotopic (exact) mass is 350 g/mol. The van der Waals surface area contributed by atoms with E-state index in [0.717, 1.165) is 0 Å². The summed E-state index contributed by atoms with van der Waals surface area (Å²) < 4.78 is 28.5. The number of nitrogens with one attached hydrogen (secondary N) is 1. The second-order valence-electron chi connectivity index (χ2n) is 5.76. The zero-order chi connectivity index (χ0) is 18.3. The van der Waals surface area contributed by atoms with Crippen molar-refractivity contribution in [1.82, 2.24) is 9.97 Å². The Morgan fingerprint density at radius 3 is 2.42 bits per heavy atom. The zero-order valence-electron chi connectivity index (χ0n) is 13.3. The molecule has 128 valence electrons. The zero-order valence-corrected chi connectivity index (χ0v) is 13.3. The Bertz CT molecular complexity index is 1150. The predicted octanol–water partition coefficient (Wildman–Crippen LogP) is 4.87. The number of para-hydroxylation sites is 1. The van der Waals surface area contributed by atoms with E-state index in [1.807, 2.05) is 0 Å². The van der Waals surface area contributed by atoms with Crippen molar-refractivity contribution in [3.05, 3.63) is 77.9 Å². The molecule has 0 atom stereocenters. The van der Waals surface area contributed by atoms with Gasteiger partial charge in [-0.1, -0.05) is 36.4 Å². The van der Waals surface area contributed by atoms with Crippen molar-refractivity contribution >= 4 is 17.0 Å². The summed E-state index contributed by atoms with van der Waals surface area (Å²) in [7, 11) is 0. The molecule has 0 fully saturated rings. The number of nitrogens with zero attached hydrogens (tertiary/aromatic N) is 1. The number of rotatable bonds is 3. The van der Waals surface area contributed by atoms with Crippen molar-refractivity contribution in [3.63, 3.8) is 0 Å². The molecule has 0 saturated carbocycles. The average Bonchev–Trinajstić information content (AvgIpc) is 3.06. The number of carboxylic acid groups (broad SMARTS) is 1. The van der Waals surface area contributed by atoms with Crippen LogP contribution in [0.3, 0.4) is 0 Å². The van der Waals surface area contributed by atoms with Crippen molar-refractivity contribution in [2.45, 2.75) is 0 Å². The number of hydrogen-bond acceptors (Lipinski definition) is 2. The number of aromatic amines is 1. The topological polar surface area (TPSA) is 66.0 Å². The lowest BCUT2D eigenvalue weighted by molar-refractivity contribution is 0.0699. The molecule has 1 heterocycles. The number of carbonyl (C=O) groups is 1. The molecule has 0 saturated heterocycles. The molecule has 0 aliphatic rings. The summed E-state index contributed by atoms with van der Waals surface area (Å²) in [6.45, 7) is 0. The van der Waals surface area contributed by atoms with Crippen LogP contribution < -0.4 is 0 Å². The molecule has 2 N–H and O–H groups in total. The number of halogens is 2. The summed E-state index contributed by atoms with van der Waals surface area (Å²) in [5.41, 5.74) is 1.69. The van der Waals surface area contributed by atoms with Crippen molar-refractivity contribution in [2.24, 2.45) is 0 Å². The van der Waals surface area contributed by atoms with E-state index < -0.39 is 17.6 Å². The normalized spacial score (nSPS) is 11.0. The third kappa shape index (κ3) is 2.61. The predicted molar refractivity (Wildman–Crippen MR) is 93.8 cm³/mol. The first kappa shape index (κ1) is 16.0. The van der Waals surface area contributed by atoms with Gasteiger partial charge in [-0.05, 0) is 24.3 Å². The molecule has 1 aromatic heterocycles. The molecule has 0 radical (unpaired) electrons. The number of carboxylic acids is 1. The molecule has 0 bridgehead atoms. The van der Waals surface area contributed by atoms with Gasteiger partial charge in [0.05, 0.1) is 16.6 Å². The standard InChI is InChI=1S/C20H12F2N2O2/c21-15-6-2-1-4-12(15)13-9-8-11(10-16(13)22)19-23-17-7-3-5-14(20(25)26)18(17)24-19/h1-10H,(H,23,24)(H,25,26). The molecule has 0 unspecified atom stereocenters. The number of H-pyrrole nitrogens is 1. The van der Waals surface area contributed by atoms with Crippen LogP contribution in [-0.4, -0.2) is 21.0 Å². The van der Waals surface area contributed by atoms with Crippen molar-refractivity contribution < 1.29 is 18.7 Å². The number of benzene rings is 3. The first-order valence-electron chi connectivity index (χ1n) is 7.81. The first-order chi connectivity index (χ1) is 12.5. The Morgan fingerprint density at radius 2 is 1.69 bits per heavy atom. The molecule has 4 aromatic rings. The first-order valence-corrected chi connectivity index (χ1v) is 7.81. The lowest BCUT2D eigenvalue weighted by atomic mass is 10.0. The van der Waals surface area contributed by atoms with E-state index in [2.05, 4.69) is 9.97 Å². The van der Waals surface area contributed by atoms with Crippen LogP contribution in [0.25, 0.3) is 33.5 Å². The lowest BCUT2D eigenvalue weighted by Gasteiger charge is -2.06. The third-order valence-corrected chi connectivity index (χ3v) is 4.16. The smallest absolute Gasteiger partial charge is 0.337 e. The van der Waals surface area contributed by atoms with Crippen molar-refractivity contribution in [3.8, 4) is 22.5 Å². The van der Waals surface area contributed by atoms with E-state index >= 15 is 0 Å². The Hall–Kier alpha value is -3.54. The Labute approximate surface area is 146 Å². The maximum absolute atomic E-state index is 14.6. The Balaban J connectivity index is 1.81. The highest BCUT2D eigenvalue weighted by Gasteiger charge is 2.15. The van der Waals surface area contributed by atoms with Gasteiger partial charge in [-0.3, -0.25) is 0 Å². The second kappa shape index (κ2) is 6.07. The average molecular weight is 350 g/mol. The summed E-state index contributed by atoms with van der Waals surface area (Å²) >= 11 is 0. The van der Waals surface area contributed by atoms with E-state index in [0.29, 0.717) is 22.4 Å². The fraction of sp³-hybridized carbons (Fsp3) is 0. The Kier molecular flexibility index (Phi) is 3.73. The van der Waals surface area contributed by atoms with Crippen LogP contribution in [0.2, 0.25) is 0 Å². The quantitative estimate of drug-likeness (QED) is 0.554. The summed E-state index contributed by atoms with van der Waals surface area (Å²) in [5.74, 6) is -1.83. The highest BCUT2D eigenvalue weighted by Crippen LogP contribution is 2.30. The molecule has 3 aromatic carbocycles. The molecule has 0 amide bonds. The van der Waals surface area contributed by atoms with E-state index in [-0.39, 0.29) is 16.7 Å². The van der Waals surface area contributed by atoms with Gasteiger partial charge in [0.25, 0.3) is 0 Å². The van der Waals surface area contributed by atoms with Gasteiger partial charge in [-0.15, -0.1) is 0 Å². The molecule has 0 aliphatic carbocycles. The minimum Gasteiger partial charge on any atom is -0.478 e. The molecular formula is C20H12F2N2O2. The fourth-order valence-electron chi connectivity index (χ4n) is 2.91. The van der Waals surface area contributed by atoms with Crippen LogP contribution in [0.1, 0.15) is 10.4 Å². The summed E-state index contributed by atoms with van der Waals surface area (Å²) in [6, 6.07) is 15.0. The van der Waals surface area contributed by atoms with Gasteiger partial charge in [0.2, 0.25) is 0 Å². The molecule has 0 aliphatic heterocycles. The van der Waals surface area contributed by atoms with E-state index in [4.69, 9.17) is 0 Å². The summed E-state index contributed by atoms with van der Waals surface area (Å²) in [4.78, 5) is 18.6. The lowest BCUT2D eigenvalue weighted by Crippen LogP contribution is -1.96. The summed E-state index contributed by atoms with van der Waals surface area (Å²) in [5, 5.41) is 9.25. The second-order valence-corrected chi connectivity index (χ2v) is 5.76. The maximum atomic E-state index is 14.6. The van der Waals surface area contributed by atoms with E-state index in [1.165, 1.54) is 30.3 Å². The van der Waals surface area contributed by atoms with Crippen LogP contribution in [0.15, 0.2) is 60.7 Å². The van der Waals surface area contributed by atoms with Crippen LogP contribution in [0.5, 0.6) is 0 Å². The number of fused-ring (bicyclic) bond motifs is 1. The van der Waals surface area contributed by atoms with Crippen LogP contribution in [-0.2, 0) is 0 Å². The van der Waals surface area contributed by atoms with Gasteiger partial charge < -0.3 is 10.1 Å². The number of aromatic nitrogens is 2. The molecular weight excluding hydrogens is 338 g/mol. The van der Waals surface area contributed by atoms with Crippen LogP contribution >= 0.6 is 0 Å². The largest absolute Gasteiger partial charge is 0.478 e. The third-order valence-electron chi connectivity index (χ3n) is 4.16. The van der Waals surface area contributed by atoms with Gasteiger partial charge in [0.1, 0.15) is 17.5 Å². The van der Waals surface area contributed by atoms with Crippen molar-refractivity contribution in [1.29, 1.82) is 0 Å². The van der Waals surface area contributed by atoms with E-state index in [9.17, 15) is 18.7 Å². The highest BCUT2D eigenvalue weighted by molar-refractivity contribution is 6.01. The molecule has 6 heteroatoms. The Morgan fingerprint density at radius 1 is 0.923 bits per heavy atom. The number of hydrogen-bond donors (Lipinski definition) is 2. The SMILES string of the molecule is O=C(O)c1cccc2nc(-c3ccc(-c4ccccc4F)c(F)c3)[nH]c12. The minimum atomic E-state index is -1.08. The minimum absolute atomic E-state index is 0.0877. The van der Waals surface area contributed by atoms with Crippen LogP contribution in [0, 0.1) is 11.6 Å². The van der Waals surface area contributed by atoms with E-state index in [1.54, 1.807) is 30.3 Å². The highest BCUT2D eigenvalue weighted by atomic mass is 19.1. The molecule has 4 rings (SSSR count). The molecule has 0 spiro atoms. The van der Waals surface area contributed by atoms with Gasteiger partial charge in [-0.2, -0.15) is 0 Å². The fourth-order valence-corrected chi connectivity index (χ4v) is 2.91.